The SMILES string of the molecule is CCCOc1ccccc1/C=C1/SC(=O)N(CC(=O)Nc2ccc(Br)c(Cl)c2)C1=O. The fourth-order valence-corrected chi connectivity index (χ4v) is 3.90. The lowest BCUT2D eigenvalue weighted by atomic mass is 10.2. The highest BCUT2D eigenvalue weighted by molar-refractivity contribution is 9.10. The van der Waals surface area contributed by atoms with Crippen molar-refractivity contribution >= 4 is 68.1 Å². The van der Waals surface area contributed by atoms with Crippen LogP contribution in [0, 0.1) is 0 Å². The molecule has 0 atom stereocenters. The molecule has 2 aromatic rings. The monoisotopic (exact) mass is 508 g/mol. The quantitative estimate of drug-likeness (QED) is 0.494. The van der Waals surface area contributed by atoms with Crippen molar-refractivity contribution < 1.29 is 19.1 Å². The minimum atomic E-state index is -0.515. The molecule has 30 heavy (non-hydrogen) atoms. The molecule has 3 amide bonds. The third-order valence-corrected chi connectivity index (χ3v) is 6.19. The summed E-state index contributed by atoms with van der Waals surface area (Å²) in [7, 11) is 0. The Morgan fingerprint density at radius 3 is 2.77 bits per heavy atom. The van der Waals surface area contributed by atoms with Crippen molar-refractivity contribution in [3.05, 3.63) is 62.4 Å². The number of benzene rings is 2. The van der Waals surface area contributed by atoms with Gasteiger partial charge in [0.15, 0.2) is 0 Å². The average Bonchev–Trinajstić information content (AvgIpc) is 2.97. The molecular formula is C21H18BrClN2O4S. The van der Waals surface area contributed by atoms with Crippen LogP contribution in [-0.4, -0.2) is 35.1 Å². The third-order valence-electron chi connectivity index (χ3n) is 4.05. The van der Waals surface area contributed by atoms with E-state index in [-0.39, 0.29) is 11.4 Å². The van der Waals surface area contributed by atoms with Crippen LogP contribution in [0.4, 0.5) is 10.5 Å². The summed E-state index contributed by atoms with van der Waals surface area (Å²) < 4.78 is 6.39. The zero-order valence-electron chi connectivity index (χ0n) is 16.0. The lowest BCUT2D eigenvalue weighted by molar-refractivity contribution is -0.127. The summed E-state index contributed by atoms with van der Waals surface area (Å²) in [6, 6.07) is 12.2. The lowest BCUT2D eigenvalue weighted by Gasteiger charge is -2.13. The number of halogens is 2. The predicted octanol–water partition coefficient (Wildman–Crippen LogP) is 5.57. The van der Waals surface area contributed by atoms with Crippen molar-refractivity contribution in [3.63, 3.8) is 0 Å². The first kappa shape index (κ1) is 22.4. The number of hydrogen-bond donors (Lipinski definition) is 1. The van der Waals surface area contributed by atoms with Crippen LogP contribution >= 0.6 is 39.3 Å². The molecule has 1 saturated heterocycles. The number of nitrogens with one attached hydrogen (secondary N) is 1. The fourth-order valence-electron chi connectivity index (χ4n) is 2.64. The number of hydrogen-bond acceptors (Lipinski definition) is 5. The Hall–Kier alpha value is -2.29. The van der Waals surface area contributed by atoms with Crippen LogP contribution in [0.25, 0.3) is 6.08 Å². The number of anilines is 1. The van der Waals surface area contributed by atoms with Gasteiger partial charge in [0.05, 0.1) is 16.5 Å². The van der Waals surface area contributed by atoms with Gasteiger partial charge in [-0.15, -0.1) is 0 Å². The smallest absolute Gasteiger partial charge is 0.294 e. The number of rotatable bonds is 7. The van der Waals surface area contributed by atoms with E-state index in [0.717, 1.165) is 23.1 Å². The summed E-state index contributed by atoms with van der Waals surface area (Å²) in [4.78, 5) is 38.5. The molecule has 156 valence electrons. The van der Waals surface area contributed by atoms with Crippen LogP contribution < -0.4 is 10.1 Å². The Labute approximate surface area is 191 Å². The van der Waals surface area contributed by atoms with Crippen LogP contribution in [-0.2, 0) is 9.59 Å². The van der Waals surface area contributed by atoms with Gasteiger partial charge in [-0.25, -0.2) is 0 Å². The van der Waals surface area contributed by atoms with Gasteiger partial charge < -0.3 is 10.1 Å². The first-order valence-corrected chi connectivity index (χ1v) is 11.1. The van der Waals surface area contributed by atoms with Crippen LogP contribution in [0.2, 0.25) is 5.02 Å². The summed E-state index contributed by atoms with van der Waals surface area (Å²) in [6.45, 7) is 2.16. The number of nitrogens with zero attached hydrogens (tertiary/aromatic N) is 1. The zero-order valence-corrected chi connectivity index (χ0v) is 19.1. The van der Waals surface area contributed by atoms with E-state index in [0.29, 0.717) is 33.1 Å². The van der Waals surface area contributed by atoms with Crippen molar-refractivity contribution in [1.29, 1.82) is 0 Å². The number of carbonyl (C=O) groups excluding carboxylic acids is 3. The Bertz CT molecular complexity index is 1030. The number of imide groups is 1. The van der Waals surface area contributed by atoms with Crippen molar-refractivity contribution in [2.24, 2.45) is 0 Å². The molecule has 3 rings (SSSR count). The summed E-state index contributed by atoms with van der Waals surface area (Å²) in [5, 5.41) is 2.57. The fraction of sp³-hybridized carbons (Fsp3) is 0.190. The maximum Gasteiger partial charge on any atom is 0.294 e. The van der Waals surface area contributed by atoms with Crippen molar-refractivity contribution in [1.82, 2.24) is 4.90 Å². The Kier molecular flexibility index (Phi) is 7.58. The van der Waals surface area contributed by atoms with Gasteiger partial charge in [0.2, 0.25) is 5.91 Å². The molecule has 0 saturated carbocycles. The number of thioether (sulfide) groups is 1. The molecule has 1 fully saturated rings. The van der Waals surface area contributed by atoms with Crippen molar-refractivity contribution in [3.8, 4) is 5.75 Å². The van der Waals surface area contributed by atoms with Gasteiger partial charge in [0.25, 0.3) is 11.1 Å². The molecule has 0 bridgehead atoms. The average molecular weight is 510 g/mol. The minimum Gasteiger partial charge on any atom is -0.493 e. The van der Waals surface area contributed by atoms with E-state index < -0.39 is 17.1 Å². The summed E-state index contributed by atoms with van der Waals surface area (Å²) in [6.07, 6.45) is 2.46. The van der Waals surface area contributed by atoms with Crippen molar-refractivity contribution in [2.75, 3.05) is 18.5 Å². The molecule has 0 aromatic heterocycles. The highest BCUT2D eigenvalue weighted by Crippen LogP contribution is 2.34. The largest absolute Gasteiger partial charge is 0.493 e. The first-order valence-electron chi connectivity index (χ1n) is 9.11. The van der Waals surface area contributed by atoms with Gasteiger partial charge in [-0.2, -0.15) is 0 Å². The maximum atomic E-state index is 12.7. The molecule has 0 radical (unpaired) electrons. The molecule has 0 unspecified atom stereocenters. The van der Waals surface area contributed by atoms with Crippen LogP contribution in [0.3, 0.4) is 0 Å². The van der Waals surface area contributed by atoms with Crippen LogP contribution in [0.1, 0.15) is 18.9 Å². The second-order valence-corrected chi connectivity index (χ2v) is 8.59. The van der Waals surface area contributed by atoms with E-state index in [4.69, 9.17) is 16.3 Å². The van der Waals surface area contributed by atoms with E-state index in [1.54, 1.807) is 24.3 Å². The van der Waals surface area contributed by atoms with Crippen LogP contribution in [0.15, 0.2) is 51.8 Å². The molecule has 0 aliphatic carbocycles. The van der Waals surface area contributed by atoms with Gasteiger partial charge in [0, 0.05) is 15.7 Å². The number of para-hydroxylation sites is 1. The maximum absolute atomic E-state index is 12.7. The van der Waals surface area contributed by atoms with Gasteiger partial charge in [-0.3, -0.25) is 19.3 Å². The molecule has 9 heteroatoms. The number of carbonyl (C=O) groups is 3. The third kappa shape index (κ3) is 5.44. The normalized spacial score (nSPS) is 15.0. The second-order valence-electron chi connectivity index (χ2n) is 6.33. The summed E-state index contributed by atoms with van der Waals surface area (Å²) in [5.41, 5.74) is 1.17. The molecule has 1 N–H and O–H groups in total. The second kappa shape index (κ2) is 10.1. The molecule has 0 spiro atoms. The first-order chi connectivity index (χ1) is 14.4. The number of ether oxygens (including phenoxy) is 1. The van der Waals surface area contributed by atoms with E-state index >= 15 is 0 Å². The van der Waals surface area contributed by atoms with E-state index in [1.165, 1.54) is 0 Å². The van der Waals surface area contributed by atoms with Gasteiger partial charge in [-0.1, -0.05) is 36.7 Å². The van der Waals surface area contributed by atoms with Crippen molar-refractivity contribution in [2.45, 2.75) is 13.3 Å². The van der Waals surface area contributed by atoms with E-state index in [9.17, 15) is 14.4 Å². The van der Waals surface area contributed by atoms with Crippen LogP contribution in [0.5, 0.6) is 5.75 Å². The molecule has 1 heterocycles. The highest BCUT2D eigenvalue weighted by Gasteiger charge is 2.36. The van der Waals surface area contributed by atoms with Gasteiger partial charge in [-0.05, 0) is 64.5 Å². The van der Waals surface area contributed by atoms with E-state index in [2.05, 4.69) is 21.2 Å². The molecule has 1 aliphatic heterocycles. The Morgan fingerprint density at radius 2 is 2.03 bits per heavy atom. The predicted molar refractivity (Wildman–Crippen MR) is 123 cm³/mol. The summed E-state index contributed by atoms with van der Waals surface area (Å²) in [5.74, 6) is -0.376. The lowest BCUT2D eigenvalue weighted by Crippen LogP contribution is -2.36. The number of amides is 3. The Balaban J connectivity index is 1.71. The Morgan fingerprint density at radius 1 is 1.27 bits per heavy atom. The highest BCUT2D eigenvalue weighted by atomic mass is 79.9. The molecule has 2 aromatic carbocycles. The van der Waals surface area contributed by atoms with Gasteiger partial charge >= 0.3 is 0 Å². The molecule has 1 aliphatic rings. The van der Waals surface area contributed by atoms with E-state index in [1.807, 2.05) is 31.2 Å². The molecule has 6 nitrogen and oxygen atoms in total. The zero-order chi connectivity index (χ0) is 21.7. The standard InChI is InChI=1S/C21H18BrClN2O4S/c1-2-9-29-17-6-4-3-5-13(17)10-18-20(27)25(21(28)30-18)12-19(26)24-14-7-8-15(22)16(23)11-14/h3-8,10-11H,2,9,12H2,1H3,(H,24,26)/b18-10+. The van der Waals surface area contributed by atoms with Gasteiger partial charge in [0.1, 0.15) is 12.3 Å². The minimum absolute atomic E-state index is 0.243. The topological polar surface area (TPSA) is 75.7 Å². The summed E-state index contributed by atoms with van der Waals surface area (Å²) >= 11 is 10.1. The molecular weight excluding hydrogens is 492 g/mol.